The topological polar surface area (TPSA) is 124 Å². The minimum atomic E-state index is -2.30. The number of carbonyl (C=O) groups excluding carboxylic acids is 5. The van der Waals surface area contributed by atoms with E-state index in [1.807, 2.05) is 0 Å². The molecular formula is C47H24F4O8S3. The molecule has 3 heterocycles. The Morgan fingerprint density at radius 1 is 0.661 bits per heavy atom. The van der Waals surface area contributed by atoms with Crippen LogP contribution in [0.25, 0.3) is 42.5 Å². The third-order valence-corrected chi connectivity index (χ3v) is 14.5. The molecule has 4 aromatic carbocycles. The van der Waals surface area contributed by atoms with Gasteiger partial charge in [0.15, 0.2) is 5.78 Å². The Balaban J connectivity index is 1.17. The van der Waals surface area contributed by atoms with Crippen molar-refractivity contribution in [2.45, 2.75) is 24.7 Å². The monoisotopic (exact) mass is 888 g/mol. The van der Waals surface area contributed by atoms with Gasteiger partial charge in [0, 0.05) is 60.0 Å². The number of allylic oxidation sites excluding steroid dienone is 1. The molecule has 0 spiro atoms. The maximum absolute atomic E-state index is 15.1. The first-order chi connectivity index (χ1) is 29.8. The van der Waals surface area contributed by atoms with Crippen LogP contribution in [0.3, 0.4) is 0 Å². The maximum Gasteiger partial charge on any atom is 0.333 e. The highest BCUT2D eigenvalue weighted by molar-refractivity contribution is 7.32. The number of benzene rings is 4. The third-order valence-electron chi connectivity index (χ3n) is 10.9. The van der Waals surface area contributed by atoms with E-state index in [1.165, 1.54) is 29.6 Å². The number of aliphatic hydroxyl groups is 1. The summed E-state index contributed by atoms with van der Waals surface area (Å²) in [5.41, 5.74) is -2.36. The van der Waals surface area contributed by atoms with Crippen molar-refractivity contribution in [3.8, 4) is 9.75 Å². The summed E-state index contributed by atoms with van der Waals surface area (Å²) < 4.78 is 71.4. The van der Waals surface area contributed by atoms with Crippen LogP contribution in [-0.4, -0.2) is 34.4 Å². The zero-order valence-corrected chi connectivity index (χ0v) is 33.9. The molecule has 0 aliphatic heterocycles. The lowest BCUT2D eigenvalue weighted by Crippen LogP contribution is -2.45. The Labute approximate surface area is 359 Å². The van der Waals surface area contributed by atoms with E-state index in [2.05, 4.69) is 0 Å². The summed E-state index contributed by atoms with van der Waals surface area (Å²) in [6, 6.07) is 23.6. The summed E-state index contributed by atoms with van der Waals surface area (Å²) in [4.78, 5) is 71.0. The van der Waals surface area contributed by atoms with Crippen LogP contribution in [0.5, 0.6) is 0 Å². The molecular weight excluding hydrogens is 865 g/mol. The number of hydrogen-bond donors (Lipinski definition) is 1. The lowest BCUT2D eigenvalue weighted by atomic mass is 9.79. The minimum absolute atomic E-state index is 0.140. The minimum Gasteiger partial charge on any atom is -0.459 e. The molecule has 10 rings (SSSR count). The fourth-order valence-electron chi connectivity index (χ4n) is 8.16. The second kappa shape index (κ2) is 14.8. The predicted octanol–water partition coefficient (Wildman–Crippen LogP) is 9.80. The van der Waals surface area contributed by atoms with Gasteiger partial charge in [-0.25, -0.2) is 17.6 Å². The van der Waals surface area contributed by atoms with Gasteiger partial charge in [-0.05, 0) is 53.1 Å². The van der Waals surface area contributed by atoms with E-state index >= 15 is 9.59 Å². The first-order valence-electron chi connectivity index (χ1n) is 18.7. The van der Waals surface area contributed by atoms with Gasteiger partial charge in [0.2, 0.25) is 17.0 Å². The highest BCUT2D eigenvalue weighted by atomic mass is 32.1. The smallest absolute Gasteiger partial charge is 0.333 e. The van der Waals surface area contributed by atoms with E-state index in [9.17, 15) is 37.1 Å². The van der Waals surface area contributed by atoms with Crippen LogP contribution in [0.15, 0.2) is 97.1 Å². The Bertz CT molecular complexity index is 3140. The van der Waals surface area contributed by atoms with E-state index in [4.69, 9.17) is 9.47 Å². The number of aliphatic hydroxyl groups excluding tert-OH is 1. The zero-order chi connectivity index (χ0) is 43.2. The van der Waals surface area contributed by atoms with Crippen LogP contribution in [0.4, 0.5) is 17.6 Å². The van der Waals surface area contributed by atoms with Gasteiger partial charge in [-0.1, -0.05) is 60.7 Å². The molecule has 0 saturated heterocycles. The van der Waals surface area contributed by atoms with Gasteiger partial charge in [0.25, 0.3) is 0 Å². The van der Waals surface area contributed by atoms with Crippen molar-refractivity contribution in [3.05, 3.63) is 175 Å². The summed E-state index contributed by atoms with van der Waals surface area (Å²) in [7, 11) is 0. The van der Waals surface area contributed by atoms with Crippen LogP contribution < -0.4 is 0 Å². The fraction of sp³-hybridized carbons (Fsp3) is 0.0851. The second-order valence-electron chi connectivity index (χ2n) is 14.6. The molecule has 306 valence electrons. The Kier molecular flexibility index (Phi) is 9.40. The zero-order valence-electron chi connectivity index (χ0n) is 31.4. The molecule has 62 heavy (non-hydrogen) atoms. The molecule has 0 fully saturated rings. The number of esters is 2. The SMILES string of the molecule is O=C1C(=O)c2c(F)cc(F)cc2/C1=C/c1cc2sc3c(c2s1)C(C(=O)OCc1ccccc1)(C(=O)OCc1ccccc1)c1cc(/C=C2\C(=O)C(O)c4c(F)cc(F)cc42)sc1-3. The summed E-state index contributed by atoms with van der Waals surface area (Å²) in [6.45, 7) is -0.478. The molecule has 0 saturated carbocycles. The fourth-order valence-corrected chi connectivity index (χ4v) is 12.2. The Hall–Kier alpha value is -6.65. The highest BCUT2D eigenvalue weighted by Crippen LogP contribution is 2.61. The number of thiophene rings is 3. The molecule has 3 aromatic heterocycles. The van der Waals surface area contributed by atoms with E-state index in [0.717, 1.165) is 34.8 Å². The number of fused-ring (bicyclic) bond motifs is 7. The lowest BCUT2D eigenvalue weighted by Gasteiger charge is -2.26. The Morgan fingerprint density at radius 3 is 1.89 bits per heavy atom. The lowest BCUT2D eigenvalue weighted by molar-refractivity contribution is -0.164. The van der Waals surface area contributed by atoms with Gasteiger partial charge in [-0.2, -0.15) is 0 Å². The molecule has 8 nitrogen and oxygen atoms in total. The van der Waals surface area contributed by atoms with Crippen molar-refractivity contribution in [1.29, 1.82) is 0 Å². The van der Waals surface area contributed by atoms with Gasteiger partial charge < -0.3 is 14.6 Å². The molecule has 3 aliphatic rings. The number of ketones is 3. The number of Topliss-reactive ketones (excluding diaryl/α,β-unsaturated/α-hetero) is 3. The van der Waals surface area contributed by atoms with Crippen molar-refractivity contribution in [2.75, 3.05) is 0 Å². The van der Waals surface area contributed by atoms with E-state index in [-0.39, 0.29) is 52.2 Å². The number of hydrogen-bond acceptors (Lipinski definition) is 11. The molecule has 3 aliphatic carbocycles. The second-order valence-corrected chi connectivity index (χ2v) is 17.8. The van der Waals surface area contributed by atoms with Crippen molar-refractivity contribution < 1.29 is 56.1 Å². The standard InChI is InChI=1S/C47H24F4O8S3/c48-23-11-27-29(38(52)40(54)35(27)32(50)13-23)15-25-17-31-42(60-25)44-37(43-34(62-44)18-26(61-43)16-30-28-12-24(49)14-33(51)36(28)41(55)39(30)53)47(31,45(56)58-19-21-7-3-1-4-8-21)46(57)59-20-22-9-5-2-6-10-22/h1-18,40,54H,19-20H2/b29-15-,30-16-. The molecule has 1 unspecified atom stereocenters. The molecule has 1 atom stereocenters. The van der Waals surface area contributed by atoms with Crippen molar-refractivity contribution in [1.82, 2.24) is 0 Å². The van der Waals surface area contributed by atoms with E-state index in [1.54, 1.807) is 66.7 Å². The molecule has 0 amide bonds. The molecule has 7 aromatic rings. The molecule has 0 radical (unpaired) electrons. The maximum atomic E-state index is 15.1. The summed E-state index contributed by atoms with van der Waals surface area (Å²) >= 11 is 3.34. The van der Waals surface area contributed by atoms with Gasteiger partial charge in [-0.15, -0.1) is 34.0 Å². The number of ether oxygens (including phenoxy) is 2. The summed E-state index contributed by atoms with van der Waals surface area (Å²) in [6.07, 6.45) is 0.800. The van der Waals surface area contributed by atoms with Gasteiger partial charge >= 0.3 is 11.9 Å². The van der Waals surface area contributed by atoms with Crippen LogP contribution in [0.2, 0.25) is 0 Å². The highest BCUT2D eigenvalue weighted by Gasteiger charge is 2.61. The van der Waals surface area contributed by atoms with E-state index < -0.39 is 69.6 Å². The first kappa shape index (κ1) is 39.5. The van der Waals surface area contributed by atoms with Crippen LogP contribution >= 0.6 is 34.0 Å². The van der Waals surface area contributed by atoms with Gasteiger partial charge in [-0.3, -0.25) is 24.0 Å². The number of carbonyl (C=O) groups is 5. The first-order valence-corrected chi connectivity index (χ1v) is 21.2. The average molecular weight is 889 g/mol. The number of rotatable bonds is 8. The van der Waals surface area contributed by atoms with E-state index in [0.29, 0.717) is 52.2 Å². The molecule has 1 N–H and O–H groups in total. The normalized spacial score (nSPS) is 17.2. The average Bonchev–Trinajstić information content (AvgIpc) is 4.07. The predicted molar refractivity (Wildman–Crippen MR) is 224 cm³/mol. The Morgan fingerprint density at radius 2 is 1.24 bits per heavy atom. The molecule has 0 bridgehead atoms. The summed E-state index contributed by atoms with van der Waals surface area (Å²) in [5.74, 6) is -9.22. The molecule has 15 heteroatoms. The third kappa shape index (κ3) is 6.06. The quantitative estimate of drug-likeness (QED) is 0.0526. The van der Waals surface area contributed by atoms with Crippen molar-refractivity contribution in [2.24, 2.45) is 0 Å². The van der Waals surface area contributed by atoms with Crippen LogP contribution in [-0.2, 0) is 47.3 Å². The number of halogens is 4. The van der Waals surface area contributed by atoms with Crippen molar-refractivity contribution in [3.63, 3.8) is 0 Å². The van der Waals surface area contributed by atoms with Gasteiger partial charge in [0.1, 0.15) is 42.6 Å². The van der Waals surface area contributed by atoms with Gasteiger partial charge in [0.05, 0.1) is 20.0 Å². The summed E-state index contributed by atoms with van der Waals surface area (Å²) in [5, 5.41) is 10.7. The van der Waals surface area contributed by atoms with Crippen molar-refractivity contribution >= 4 is 96.0 Å². The largest absolute Gasteiger partial charge is 0.459 e. The van der Waals surface area contributed by atoms with Crippen LogP contribution in [0, 0.1) is 23.3 Å². The van der Waals surface area contributed by atoms with Crippen LogP contribution in [0.1, 0.15) is 65.2 Å².